The minimum Gasteiger partial charge on any atom is -0.230 e. The molecule has 0 unspecified atom stereocenters. The molecule has 0 nitrogen and oxygen atoms in total. The van der Waals surface area contributed by atoms with Crippen LogP contribution in [0.1, 0.15) is 6.92 Å². The van der Waals surface area contributed by atoms with Crippen molar-refractivity contribution in [3.05, 3.63) is 11.6 Å². The first-order valence-electron chi connectivity index (χ1n) is 1.83. The first-order valence-corrected chi connectivity index (χ1v) is 1.83. The van der Waals surface area contributed by atoms with Crippen LogP contribution in [-0.2, 0) is 0 Å². The van der Waals surface area contributed by atoms with E-state index in [4.69, 9.17) is 12.8 Å². The van der Waals surface area contributed by atoms with E-state index in [0.717, 1.165) is 0 Å². The third-order valence-corrected chi connectivity index (χ3v) is 0.539. The summed E-state index contributed by atoms with van der Waals surface area (Å²) in [5.41, 5.74) is 0.486. The van der Waals surface area contributed by atoms with Gasteiger partial charge < -0.3 is 0 Å². The summed E-state index contributed by atoms with van der Waals surface area (Å²) in [5.74, 6) is 4.54. The van der Waals surface area contributed by atoms with Gasteiger partial charge in [0.1, 0.15) is 0 Å². The summed E-state index contributed by atoms with van der Waals surface area (Å²) in [4.78, 5) is 0. The van der Waals surface area contributed by atoms with Crippen molar-refractivity contribution >= 4 is 0 Å². The molecule has 0 saturated heterocycles. The Morgan fingerprint density at radius 2 is 1.86 bits per heavy atom. The van der Waals surface area contributed by atoms with Crippen LogP contribution in [0.5, 0.6) is 0 Å². The Hall–Kier alpha value is -1.14. The molecule has 34 valence electrons. The summed E-state index contributed by atoms with van der Waals surface area (Å²) in [6.07, 6.45) is 12.4. The highest BCUT2D eigenvalue weighted by atomic mass is 13.7. The van der Waals surface area contributed by atoms with Gasteiger partial charge in [0, 0.05) is 0 Å². The zero-order valence-corrected chi connectivity index (χ0v) is 4.15. The van der Waals surface area contributed by atoms with Gasteiger partial charge in [0.05, 0.1) is 0 Å². The molecule has 0 aliphatic rings. The van der Waals surface area contributed by atoms with E-state index in [1.165, 1.54) is 0 Å². The van der Waals surface area contributed by atoms with Crippen LogP contribution in [0.25, 0.3) is 0 Å². The lowest BCUT2D eigenvalue weighted by Crippen LogP contribution is -1.65. The molecule has 0 radical (unpaired) electrons. The maximum absolute atomic E-state index is 4.90. The number of terminal acetylenes is 2. The maximum atomic E-state index is 4.90. The fraction of sp³-hybridized carbons (Fsp3) is 0.143. The summed E-state index contributed by atoms with van der Waals surface area (Å²) < 4.78 is 0. The van der Waals surface area contributed by atoms with Crippen molar-refractivity contribution in [1.29, 1.82) is 0 Å². The van der Waals surface area contributed by atoms with Gasteiger partial charge in [-0.1, -0.05) is 6.92 Å². The SMILES string of the molecule is C#CC(C#C)=[C-]C. The second kappa shape index (κ2) is 3.07. The van der Waals surface area contributed by atoms with Crippen LogP contribution in [0, 0.1) is 30.8 Å². The fourth-order valence-electron chi connectivity index (χ4n) is 0.186. The lowest BCUT2D eigenvalue weighted by Gasteiger charge is -1.90. The largest absolute Gasteiger partial charge is 0.230 e. The monoisotopic (exact) mass is 89.0 g/mol. The summed E-state index contributed by atoms with van der Waals surface area (Å²) in [6.45, 7) is 1.69. The van der Waals surface area contributed by atoms with Gasteiger partial charge in [-0.3, -0.25) is 0 Å². The number of allylic oxidation sites excluding steroid dienone is 2. The molecule has 0 atom stereocenters. The Labute approximate surface area is 44.2 Å². The normalized spacial score (nSPS) is 5.57. The van der Waals surface area contributed by atoms with E-state index in [1.807, 2.05) is 0 Å². The molecule has 0 rings (SSSR count). The molecule has 7 heavy (non-hydrogen) atoms. The Kier molecular flexibility index (Phi) is 2.57. The van der Waals surface area contributed by atoms with Gasteiger partial charge in [0.2, 0.25) is 0 Å². The number of hydrogen-bond donors (Lipinski definition) is 0. The second-order valence-corrected chi connectivity index (χ2v) is 0.914. The van der Waals surface area contributed by atoms with E-state index < -0.39 is 0 Å². The van der Waals surface area contributed by atoms with Crippen LogP contribution in [0.15, 0.2) is 5.57 Å². The van der Waals surface area contributed by atoms with Gasteiger partial charge in [-0.15, -0.1) is 5.57 Å². The van der Waals surface area contributed by atoms with Crippen molar-refractivity contribution in [3.63, 3.8) is 0 Å². The van der Waals surface area contributed by atoms with E-state index >= 15 is 0 Å². The predicted octanol–water partition coefficient (Wildman–Crippen LogP) is 1.00. The standard InChI is InChI=1S/C7H5/c1-4-7(5-2)6-3/h1-2H,3H3/q-1. The van der Waals surface area contributed by atoms with Crippen LogP contribution < -0.4 is 0 Å². The third kappa shape index (κ3) is 1.68. The molecule has 0 aromatic rings. The molecule has 0 saturated carbocycles. The minimum atomic E-state index is 0.486. The lowest BCUT2D eigenvalue weighted by atomic mass is 10.3. The van der Waals surface area contributed by atoms with Gasteiger partial charge in [0.15, 0.2) is 0 Å². The summed E-state index contributed by atoms with van der Waals surface area (Å²) in [7, 11) is 0. The summed E-state index contributed by atoms with van der Waals surface area (Å²) in [5, 5.41) is 0. The van der Waals surface area contributed by atoms with Gasteiger partial charge in [-0.05, 0) is 0 Å². The zero-order valence-electron chi connectivity index (χ0n) is 4.15. The molecular weight excluding hydrogens is 84.1 g/mol. The average molecular weight is 89.1 g/mol. The third-order valence-electron chi connectivity index (χ3n) is 0.539. The maximum Gasteiger partial charge on any atom is -0.0952 e. The predicted molar refractivity (Wildman–Crippen MR) is 30.1 cm³/mol. The van der Waals surface area contributed by atoms with Gasteiger partial charge in [-0.25, -0.2) is 11.8 Å². The average Bonchev–Trinajstić information content (AvgIpc) is 1.72. The molecule has 0 aliphatic heterocycles. The molecule has 0 aliphatic carbocycles. The van der Waals surface area contributed by atoms with Crippen molar-refractivity contribution < 1.29 is 0 Å². The van der Waals surface area contributed by atoms with Gasteiger partial charge in [0.25, 0.3) is 0 Å². The Morgan fingerprint density at radius 1 is 1.43 bits per heavy atom. The van der Waals surface area contributed by atoms with Crippen molar-refractivity contribution in [2.24, 2.45) is 0 Å². The van der Waals surface area contributed by atoms with Gasteiger partial charge in [-0.2, -0.15) is 18.9 Å². The highest BCUT2D eigenvalue weighted by Gasteiger charge is 1.56. The molecule has 0 amide bonds. The fourth-order valence-corrected chi connectivity index (χ4v) is 0.186. The van der Waals surface area contributed by atoms with Crippen LogP contribution in [0.3, 0.4) is 0 Å². The quantitative estimate of drug-likeness (QED) is 0.307. The highest BCUT2D eigenvalue weighted by molar-refractivity contribution is 5.38. The molecule has 0 heteroatoms. The Balaban J connectivity index is 4.03. The van der Waals surface area contributed by atoms with E-state index in [-0.39, 0.29) is 0 Å². The van der Waals surface area contributed by atoms with E-state index in [9.17, 15) is 0 Å². The Bertz CT molecular complexity index is 132. The summed E-state index contributed by atoms with van der Waals surface area (Å²) >= 11 is 0. The van der Waals surface area contributed by atoms with Crippen molar-refractivity contribution in [2.75, 3.05) is 0 Å². The van der Waals surface area contributed by atoms with Crippen LogP contribution in [0.2, 0.25) is 0 Å². The topological polar surface area (TPSA) is 0 Å². The molecule has 0 aromatic heterocycles. The molecular formula is C7H5-. The highest BCUT2D eigenvalue weighted by Crippen LogP contribution is 1.82. The van der Waals surface area contributed by atoms with E-state index in [1.54, 1.807) is 6.92 Å². The lowest BCUT2D eigenvalue weighted by molar-refractivity contribution is 1.61. The Morgan fingerprint density at radius 3 is 1.86 bits per heavy atom. The minimum absolute atomic E-state index is 0.486. The first kappa shape index (κ1) is 5.86. The second-order valence-electron chi connectivity index (χ2n) is 0.914. The van der Waals surface area contributed by atoms with Crippen molar-refractivity contribution in [2.45, 2.75) is 6.92 Å². The molecule has 0 aromatic carbocycles. The molecule has 0 spiro atoms. The van der Waals surface area contributed by atoms with Crippen LogP contribution >= 0.6 is 0 Å². The smallest absolute Gasteiger partial charge is 0.0952 e. The van der Waals surface area contributed by atoms with Crippen molar-refractivity contribution in [3.8, 4) is 24.7 Å². The zero-order chi connectivity index (χ0) is 5.70. The molecule has 0 fully saturated rings. The number of rotatable bonds is 0. The van der Waals surface area contributed by atoms with Crippen LogP contribution in [0.4, 0.5) is 0 Å². The number of hydrogen-bond acceptors (Lipinski definition) is 0. The molecule has 0 bridgehead atoms. The first-order chi connectivity index (χ1) is 3.35. The van der Waals surface area contributed by atoms with E-state index in [2.05, 4.69) is 17.9 Å². The van der Waals surface area contributed by atoms with E-state index in [0.29, 0.717) is 5.57 Å². The molecule has 0 N–H and O–H groups in total. The summed E-state index contributed by atoms with van der Waals surface area (Å²) in [6, 6.07) is 0. The van der Waals surface area contributed by atoms with Crippen molar-refractivity contribution in [1.82, 2.24) is 0 Å². The van der Waals surface area contributed by atoms with Gasteiger partial charge >= 0.3 is 0 Å². The molecule has 0 heterocycles. The van der Waals surface area contributed by atoms with Crippen LogP contribution in [-0.4, -0.2) is 0 Å².